The summed E-state index contributed by atoms with van der Waals surface area (Å²) in [4.78, 5) is 6.31. The highest BCUT2D eigenvalue weighted by Gasteiger charge is 2.30. The first-order chi connectivity index (χ1) is 14.4. The number of piperidine rings is 1. The van der Waals surface area contributed by atoms with Crippen LogP contribution in [0.5, 0.6) is 5.75 Å². The van der Waals surface area contributed by atoms with E-state index in [9.17, 15) is 18.3 Å². The summed E-state index contributed by atoms with van der Waals surface area (Å²) in [5.41, 5.74) is 1.36. The Morgan fingerprint density at radius 2 is 1.93 bits per heavy atom. The van der Waals surface area contributed by atoms with Crippen molar-refractivity contribution in [2.75, 3.05) is 6.54 Å². The largest absolute Gasteiger partial charge is 0.508 e. The highest BCUT2D eigenvalue weighted by molar-refractivity contribution is 5.29. The van der Waals surface area contributed by atoms with Crippen LogP contribution in [0.4, 0.5) is 13.2 Å². The number of phenolic OH excluding ortho intramolecular Hbond substituents is 1. The molecule has 1 aliphatic rings. The molecular formula is C21H22F3N5O. The van der Waals surface area contributed by atoms with Crippen LogP contribution < -0.4 is 0 Å². The molecule has 3 aromatic rings. The fraction of sp³-hybridized carbons (Fsp3) is 0.381. The molecule has 3 heterocycles. The quantitative estimate of drug-likeness (QED) is 0.675. The molecule has 1 saturated heterocycles. The maximum Gasteiger partial charge on any atom is 0.416 e. The first-order valence-corrected chi connectivity index (χ1v) is 9.82. The molecule has 9 heteroatoms. The fourth-order valence-electron chi connectivity index (χ4n) is 3.89. The number of aromatic nitrogens is 4. The van der Waals surface area contributed by atoms with E-state index in [1.165, 1.54) is 4.68 Å². The van der Waals surface area contributed by atoms with Crippen molar-refractivity contribution in [2.45, 2.75) is 44.6 Å². The van der Waals surface area contributed by atoms with Gasteiger partial charge in [-0.05, 0) is 49.2 Å². The second kappa shape index (κ2) is 8.43. The van der Waals surface area contributed by atoms with Crippen molar-refractivity contribution in [1.82, 2.24) is 24.9 Å². The van der Waals surface area contributed by atoms with Gasteiger partial charge in [0.2, 0.25) is 0 Å². The Labute approximate surface area is 172 Å². The molecular weight excluding hydrogens is 395 g/mol. The number of aromatic hydroxyl groups is 1. The van der Waals surface area contributed by atoms with Crippen LogP contribution in [0.25, 0.3) is 0 Å². The van der Waals surface area contributed by atoms with E-state index in [-0.39, 0.29) is 24.0 Å². The maximum atomic E-state index is 12.9. The van der Waals surface area contributed by atoms with Crippen LogP contribution in [0.1, 0.15) is 47.8 Å². The van der Waals surface area contributed by atoms with Gasteiger partial charge in [0.05, 0.1) is 29.7 Å². The van der Waals surface area contributed by atoms with E-state index >= 15 is 0 Å². The molecule has 1 atom stereocenters. The van der Waals surface area contributed by atoms with Crippen LogP contribution in [0, 0.1) is 0 Å². The minimum absolute atomic E-state index is 0.118. The van der Waals surface area contributed by atoms with Crippen molar-refractivity contribution in [3.63, 3.8) is 0 Å². The van der Waals surface area contributed by atoms with E-state index in [2.05, 4.69) is 20.2 Å². The summed E-state index contributed by atoms with van der Waals surface area (Å²) in [6, 6.07) is 9.47. The van der Waals surface area contributed by atoms with E-state index in [1.807, 2.05) is 12.1 Å². The molecule has 1 fully saturated rings. The summed E-state index contributed by atoms with van der Waals surface area (Å²) in [5, 5.41) is 18.1. The standard InChI is InChI=1S/C21H22F3N5O/c22-21(23,24)16-7-8-25-17(11-16)13-29-14-18(26-27-29)12-28-9-2-1-6-20(28)15-4-3-5-19(30)10-15/h3-5,7-8,10-11,14,20,30H,1-2,6,9,12-13H2. The predicted octanol–water partition coefficient (Wildman–Crippen LogP) is 4.17. The normalized spacial score (nSPS) is 17.9. The van der Waals surface area contributed by atoms with Gasteiger partial charge in [-0.25, -0.2) is 4.68 Å². The van der Waals surface area contributed by atoms with Gasteiger partial charge in [-0.2, -0.15) is 13.2 Å². The van der Waals surface area contributed by atoms with E-state index in [0.29, 0.717) is 6.54 Å². The molecule has 1 aliphatic heterocycles. The Morgan fingerprint density at radius 1 is 1.07 bits per heavy atom. The van der Waals surface area contributed by atoms with Crippen LogP contribution in [0.15, 0.2) is 48.8 Å². The van der Waals surface area contributed by atoms with Crippen LogP contribution >= 0.6 is 0 Å². The van der Waals surface area contributed by atoms with E-state index in [1.54, 1.807) is 18.3 Å². The molecule has 2 aromatic heterocycles. The zero-order chi connectivity index (χ0) is 21.1. The van der Waals surface area contributed by atoms with Gasteiger partial charge in [0.15, 0.2) is 0 Å². The lowest BCUT2D eigenvalue weighted by molar-refractivity contribution is -0.137. The second-order valence-corrected chi connectivity index (χ2v) is 7.52. The molecule has 0 amide bonds. The molecule has 0 aliphatic carbocycles. The number of nitrogens with zero attached hydrogens (tertiary/aromatic N) is 5. The van der Waals surface area contributed by atoms with Crippen LogP contribution in [-0.2, 0) is 19.3 Å². The summed E-state index contributed by atoms with van der Waals surface area (Å²) >= 11 is 0. The van der Waals surface area contributed by atoms with E-state index in [4.69, 9.17) is 0 Å². The van der Waals surface area contributed by atoms with E-state index in [0.717, 1.165) is 55.4 Å². The summed E-state index contributed by atoms with van der Waals surface area (Å²) in [6.45, 7) is 1.60. The van der Waals surface area contributed by atoms with Crippen molar-refractivity contribution in [3.8, 4) is 5.75 Å². The number of hydrogen-bond donors (Lipinski definition) is 1. The van der Waals surface area contributed by atoms with Crippen LogP contribution in [0.2, 0.25) is 0 Å². The highest BCUT2D eigenvalue weighted by Crippen LogP contribution is 2.33. The molecule has 30 heavy (non-hydrogen) atoms. The number of pyridine rings is 1. The van der Waals surface area contributed by atoms with Gasteiger partial charge in [-0.1, -0.05) is 23.8 Å². The first kappa shape index (κ1) is 20.3. The van der Waals surface area contributed by atoms with Gasteiger partial charge < -0.3 is 5.11 Å². The number of halogens is 3. The third kappa shape index (κ3) is 4.79. The zero-order valence-electron chi connectivity index (χ0n) is 16.3. The Hall–Kier alpha value is -2.94. The van der Waals surface area contributed by atoms with Gasteiger partial charge in [0.25, 0.3) is 0 Å². The minimum Gasteiger partial charge on any atom is -0.508 e. The summed E-state index contributed by atoms with van der Waals surface area (Å²) in [7, 11) is 0. The number of hydrogen-bond acceptors (Lipinski definition) is 5. The molecule has 1 aromatic carbocycles. The summed E-state index contributed by atoms with van der Waals surface area (Å²) < 4.78 is 40.2. The van der Waals surface area contributed by atoms with Crippen molar-refractivity contribution in [3.05, 3.63) is 71.3 Å². The third-order valence-corrected chi connectivity index (χ3v) is 5.29. The molecule has 1 unspecified atom stereocenters. The SMILES string of the molecule is Oc1cccc(C2CCCCN2Cc2cn(Cc3cc(C(F)(F)F)ccn3)nn2)c1. The van der Waals surface area contributed by atoms with Crippen LogP contribution in [-0.4, -0.2) is 36.5 Å². The lowest BCUT2D eigenvalue weighted by atomic mass is 9.95. The van der Waals surface area contributed by atoms with Gasteiger partial charge in [0.1, 0.15) is 5.75 Å². The topological polar surface area (TPSA) is 67.1 Å². The van der Waals surface area contributed by atoms with E-state index < -0.39 is 11.7 Å². The molecule has 4 rings (SSSR count). The van der Waals surface area contributed by atoms with Gasteiger partial charge in [-0.3, -0.25) is 9.88 Å². The number of likely N-dealkylation sites (tertiary alicyclic amines) is 1. The number of rotatable bonds is 5. The lowest BCUT2D eigenvalue weighted by Crippen LogP contribution is -2.33. The van der Waals surface area contributed by atoms with Crippen LogP contribution in [0.3, 0.4) is 0 Å². The molecule has 0 saturated carbocycles. The average molecular weight is 417 g/mol. The van der Waals surface area contributed by atoms with Crippen molar-refractivity contribution < 1.29 is 18.3 Å². The average Bonchev–Trinajstić information content (AvgIpc) is 3.15. The van der Waals surface area contributed by atoms with Crippen molar-refractivity contribution >= 4 is 0 Å². The Balaban J connectivity index is 1.46. The predicted molar refractivity (Wildman–Crippen MR) is 103 cm³/mol. The molecule has 0 radical (unpaired) electrons. The monoisotopic (exact) mass is 417 g/mol. The zero-order valence-corrected chi connectivity index (χ0v) is 16.3. The second-order valence-electron chi connectivity index (χ2n) is 7.52. The molecule has 0 bridgehead atoms. The lowest BCUT2D eigenvalue weighted by Gasteiger charge is -2.35. The van der Waals surface area contributed by atoms with Crippen molar-refractivity contribution in [1.29, 1.82) is 0 Å². The van der Waals surface area contributed by atoms with Gasteiger partial charge in [-0.15, -0.1) is 5.10 Å². The molecule has 1 N–H and O–H groups in total. The summed E-state index contributed by atoms with van der Waals surface area (Å²) in [6.07, 6.45) is 1.69. The Kier molecular flexibility index (Phi) is 5.72. The number of alkyl halides is 3. The minimum atomic E-state index is -4.40. The van der Waals surface area contributed by atoms with Gasteiger partial charge >= 0.3 is 6.18 Å². The fourth-order valence-corrected chi connectivity index (χ4v) is 3.89. The first-order valence-electron chi connectivity index (χ1n) is 9.82. The van der Waals surface area contributed by atoms with Gasteiger partial charge in [0, 0.05) is 18.8 Å². The summed E-state index contributed by atoms with van der Waals surface area (Å²) in [5.74, 6) is 0.248. The Bertz CT molecular complexity index is 1000. The molecule has 158 valence electrons. The smallest absolute Gasteiger partial charge is 0.416 e. The molecule has 6 nitrogen and oxygen atoms in total. The Morgan fingerprint density at radius 3 is 2.73 bits per heavy atom. The highest BCUT2D eigenvalue weighted by atomic mass is 19.4. The molecule has 0 spiro atoms. The third-order valence-electron chi connectivity index (χ3n) is 5.29. The number of benzene rings is 1. The maximum absolute atomic E-state index is 12.9. The number of phenols is 1. The van der Waals surface area contributed by atoms with Crippen molar-refractivity contribution in [2.24, 2.45) is 0 Å².